The Hall–Kier alpha value is -5.00. The first-order valence-electron chi connectivity index (χ1n) is 46.3. The molecule has 8 heterocycles. The van der Waals surface area contributed by atoms with Crippen molar-refractivity contribution in [1.29, 1.82) is 0 Å². The van der Waals surface area contributed by atoms with Gasteiger partial charge in [-0.25, -0.2) is 0 Å². The minimum atomic E-state index is 0.290. The molecule has 4 saturated heterocycles. The van der Waals surface area contributed by atoms with Crippen LogP contribution in [0.15, 0.2) is 98.1 Å². The van der Waals surface area contributed by atoms with Gasteiger partial charge in [-0.2, -0.15) is 0 Å². The summed E-state index contributed by atoms with van der Waals surface area (Å²) in [6, 6.07) is 9.12. The maximum absolute atomic E-state index is 5.99. The molecular formula is C102H144N4O6. The first-order valence-corrected chi connectivity index (χ1v) is 46.3. The zero-order valence-corrected chi connectivity index (χ0v) is 71.6. The van der Waals surface area contributed by atoms with E-state index in [2.05, 4.69) is 163 Å². The highest BCUT2D eigenvalue weighted by Gasteiger charge is 2.63. The van der Waals surface area contributed by atoms with Crippen LogP contribution in [0, 0.1) is 152 Å². The Morgan fingerprint density at radius 1 is 0.312 bits per heavy atom. The van der Waals surface area contributed by atoms with Gasteiger partial charge >= 0.3 is 0 Å². The molecule has 4 aliphatic heterocycles. The van der Waals surface area contributed by atoms with Gasteiger partial charge in [-0.1, -0.05) is 79.7 Å². The molecule has 10 nitrogen and oxygen atoms in total. The summed E-state index contributed by atoms with van der Waals surface area (Å²) in [5.41, 5.74) is 17.4. The lowest BCUT2D eigenvalue weighted by Gasteiger charge is -2.58. The van der Waals surface area contributed by atoms with Crippen LogP contribution < -0.4 is 9.47 Å². The molecule has 112 heavy (non-hydrogen) atoms. The molecule has 12 fully saturated rings. The molecule has 608 valence electrons. The average molecular weight is 1520 g/mol. The zero-order chi connectivity index (χ0) is 77.4. The van der Waals surface area contributed by atoms with Gasteiger partial charge in [0.2, 0.25) is 0 Å². The van der Waals surface area contributed by atoms with E-state index >= 15 is 0 Å². The maximum atomic E-state index is 5.99. The Bertz CT molecular complexity index is 3860. The van der Waals surface area contributed by atoms with Crippen LogP contribution in [0.2, 0.25) is 0 Å². The summed E-state index contributed by atoms with van der Waals surface area (Å²) in [5, 5.41) is 0. The summed E-state index contributed by atoms with van der Waals surface area (Å²) >= 11 is 0. The van der Waals surface area contributed by atoms with E-state index in [4.69, 9.17) is 28.4 Å². The monoisotopic (exact) mass is 1520 g/mol. The number of aryl methyl sites for hydroxylation is 2. The van der Waals surface area contributed by atoms with Crippen LogP contribution >= 0.6 is 0 Å². The Kier molecular flexibility index (Phi) is 22.7. The van der Waals surface area contributed by atoms with E-state index in [-0.39, 0.29) is 10.8 Å². The van der Waals surface area contributed by atoms with E-state index in [1.165, 1.54) is 224 Å². The Morgan fingerprint density at radius 3 is 0.955 bits per heavy atom. The molecule has 10 heteroatoms. The predicted molar refractivity (Wildman–Crippen MR) is 454 cm³/mol. The third-order valence-corrected chi connectivity index (χ3v) is 37.1. The zero-order valence-electron chi connectivity index (χ0n) is 71.6. The topological polar surface area (TPSA) is 107 Å². The third-order valence-electron chi connectivity index (χ3n) is 37.1. The number of nitrogens with zero attached hydrogens (tertiary/aromatic N) is 4. The van der Waals surface area contributed by atoms with Gasteiger partial charge in [0.15, 0.2) is 0 Å². The van der Waals surface area contributed by atoms with Gasteiger partial charge < -0.3 is 28.4 Å². The number of hydrogen-bond acceptors (Lipinski definition) is 10. The van der Waals surface area contributed by atoms with Gasteiger partial charge in [-0.15, -0.1) is 0 Å². The van der Waals surface area contributed by atoms with Gasteiger partial charge in [0.25, 0.3) is 0 Å². The van der Waals surface area contributed by atoms with Crippen molar-refractivity contribution in [3.8, 4) is 11.5 Å². The Labute approximate surface area is 676 Å². The van der Waals surface area contributed by atoms with Crippen molar-refractivity contribution in [2.45, 2.75) is 263 Å². The van der Waals surface area contributed by atoms with Crippen molar-refractivity contribution >= 4 is 22.3 Å². The van der Waals surface area contributed by atoms with Crippen molar-refractivity contribution in [2.75, 3.05) is 66.1 Å². The largest absolute Gasteiger partial charge is 0.492 e. The summed E-state index contributed by atoms with van der Waals surface area (Å²) in [6.07, 6.45) is 63.7. The Morgan fingerprint density at radius 2 is 0.625 bits per heavy atom. The van der Waals surface area contributed by atoms with Crippen molar-refractivity contribution in [3.05, 3.63) is 132 Å². The second-order valence-electron chi connectivity index (χ2n) is 41.7. The van der Waals surface area contributed by atoms with Gasteiger partial charge in [0.05, 0.1) is 25.6 Å². The van der Waals surface area contributed by atoms with E-state index in [9.17, 15) is 0 Å². The average Bonchev–Trinajstić information content (AvgIpc) is 1.55. The molecule has 8 saturated carbocycles. The first kappa shape index (κ1) is 79.5. The number of allylic oxidation sites excluding steroid dienone is 8. The van der Waals surface area contributed by atoms with E-state index in [0.29, 0.717) is 45.7 Å². The molecule has 24 atom stereocenters. The maximum Gasteiger partial charge on any atom is 0.138 e. The van der Waals surface area contributed by atoms with Crippen LogP contribution in [0.3, 0.4) is 0 Å². The normalized spacial score (nSPS) is 42.7. The highest BCUT2D eigenvalue weighted by molar-refractivity contribution is 5.76. The highest BCUT2D eigenvalue weighted by Crippen LogP contribution is 2.72. The second kappa shape index (κ2) is 32.0. The molecule has 12 aliphatic carbocycles. The molecule has 0 unspecified atom stereocenters. The molecule has 0 spiro atoms. The van der Waals surface area contributed by atoms with Crippen LogP contribution in [0.25, 0.3) is 22.3 Å². The molecule has 0 N–H and O–H groups in total. The lowest BCUT2D eigenvalue weighted by Crippen LogP contribution is -2.51. The van der Waals surface area contributed by atoms with Gasteiger partial charge in [-0.3, -0.25) is 19.9 Å². The summed E-state index contributed by atoms with van der Waals surface area (Å²) in [5.74, 6) is 15.4. The number of aromatic nitrogens is 4. The number of pyridine rings is 4. The number of hydrogen-bond donors (Lipinski definition) is 0. The van der Waals surface area contributed by atoms with Crippen molar-refractivity contribution in [3.63, 3.8) is 0 Å². The van der Waals surface area contributed by atoms with Crippen LogP contribution in [-0.2, 0) is 18.9 Å². The molecule has 0 radical (unpaired) electrons. The fraction of sp³-hybridized carbons (Fsp3) is 0.725. The lowest BCUT2D eigenvalue weighted by molar-refractivity contribution is -0.0885. The summed E-state index contributed by atoms with van der Waals surface area (Å²) in [7, 11) is 0. The minimum absolute atomic E-state index is 0.290. The van der Waals surface area contributed by atoms with E-state index < -0.39 is 0 Å². The predicted octanol–water partition coefficient (Wildman–Crippen LogP) is 24.4. The fourth-order valence-corrected chi connectivity index (χ4v) is 31.1. The summed E-state index contributed by atoms with van der Waals surface area (Å²) in [6.45, 7) is 38.4. The molecule has 4 aromatic rings. The van der Waals surface area contributed by atoms with E-state index in [0.717, 1.165) is 159 Å². The number of fused-ring (bicyclic) bond motifs is 20. The molecule has 4 aromatic heterocycles. The first-order chi connectivity index (χ1) is 54.2. The minimum Gasteiger partial charge on any atom is -0.492 e. The van der Waals surface area contributed by atoms with Gasteiger partial charge in [-0.05, 0) is 425 Å². The summed E-state index contributed by atoms with van der Waals surface area (Å²) < 4.78 is 35.3. The number of ether oxygens (including phenoxy) is 6. The SMILES string of the molecule is CCOc1cncc(C2=CC[C@H]3[C@@H]4CC[C@H]5CCOCC[C@]5(C)[C@H]4CC[C@]23C)c1.CCOc1cncc(C2=CC[C@H]3[C@@H]4CC[C@H]5COCCC[C@]5(C)[C@H]4CC[C@]23C)c1.Cc1cncc(C2=CC[C@H]3[C@@H]4CC[C@H]5CCOCC[C@]5(C)[C@H]4CC[C@]23C)c1.Cc1cncc(C2=CC[C@H]3[C@@H]4CC[C@H]5COCCC[C@]5(C)[C@H]4CC[C@]23C)c1. The number of rotatable bonds is 8. The second-order valence-corrected chi connectivity index (χ2v) is 41.7. The Balaban J connectivity index is 0.000000108. The van der Waals surface area contributed by atoms with Crippen molar-refractivity contribution in [1.82, 2.24) is 19.9 Å². The van der Waals surface area contributed by atoms with Crippen LogP contribution in [0.1, 0.15) is 282 Å². The third kappa shape index (κ3) is 14.0. The molecule has 0 aromatic carbocycles. The molecule has 0 amide bonds. The quantitative estimate of drug-likeness (QED) is 0.169. The smallest absolute Gasteiger partial charge is 0.138 e. The van der Waals surface area contributed by atoms with Crippen molar-refractivity contribution < 1.29 is 28.4 Å². The van der Waals surface area contributed by atoms with Crippen LogP contribution in [0.4, 0.5) is 0 Å². The van der Waals surface area contributed by atoms with E-state index in [1.54, 1.807) is 11.1 Å². The van der Waals surface area contributed by atoms with Gasteiger partial charge in [0, 0.05) is 90.0 Å². The molecule has 20 rings (SSSR count). The molecule has 16 aliphatic rings. The molecule has 0 bridgehead atoms. The van der Waals surface area contributed by atoms with Crippen LogP contribution in [-0.4, -0.2) is 86.0 Å². The summed E-state index contributed by atoms with van der Waals surface area (Å²) in [4.78, 5) is 18.0. The highest BCUT2D eigenvalue weighted by atomic mass is 16.5. The van der Waals surface area contributed by atoms with Crippen molar-refractivity contribution in [2.24, 2.45) is 138 Å². The molecular weight excluding hydrogens is 1380 g/mol. The van der Waals surface area contributed by atoms with Crippen LogP contribution in [0.5, 0.6) is 11.5 Å². The standard InChI is InChI=1S/2C26H37NO2.2C25H35NO/c1-4-29-20-14-18(15-27-16-20)22-8-9-23-21-7-6-19-17-28-13-5-11-25(19,2)24(21)10-12-26(22,23)3;1-4-29-20-15-18(16-27-17-20)22-7-8-23-21-6-5-19-10-13-28-14-12-25(19,2)24(21)9-11-26(22,23)3;1-17-13-18(15-26-14-17)21-7-8-22-20-6-5-19-16-27-12-4-10-24(19,2)23(20)9-11-25(21,22)3;1-17-14-18(16-26-15-17)21-6-7-22-20-5-4-19-9-12-27-13-11-24(19,2)23(20)8-10-25(21,22)3/h8,14-16,19,21,23-24H,4-7,9-13,17H2,1-3H3;7,15-17,19,21,23-24H,4-6,8-14H2,1-3H3;7,13-15,19-20,22-23H,4-6,8-12,16H2,1-3H3;6,14-16,19-20,22-23H,4-5,7-13H2,1-3H3/t2*19-,21-,23-,24-,25-,26+;2*19-,20-,22-,23-,24-,25+/m0000/s1. The fourth-order valence-electron chi connectivity index (χ4n) is 31.1. The lowest BCUT2D eigenvalue weighted by atomic mass is 9.46. The van der Waals surface area contributed by atoms with E-state index in [1.807, 2.05) is 38.6 Å². The van der Waals surface area contributed by atoms with Gasteiger partial charge in [0.1, 0.15) is 11.5 Å².